The summed E-state index contributed by atoms with van der Waals surface area (Å²) >= 11 is 0. The van der Waals surface area contributed by atoms with E-state index in [1.165, 1.54) is 0 Å². The minimum Gasteiger partial charge on any atom is -0.381 e. The third-order valence-electron chi connectivity index (χ3n) is 4.90. The molecule has 0 aliphatic carbocycles. The van der Waals surface area contributed by atoms with Gasteiger partial charge in [0.15, 0.2) is 0 Å². The Hall–Kier alpha value is -1.63. The molecule has 2 saturated heterocycles. The number of para-hydroxylation sites is 1. The van der Waals surface area contributed by atoms with Crippen LogP contribution in [-0.2, 0) is 14.3 Å². The lowest BCUT2D eigenvalue weighted by atomic mass is 9.79. The zero-order valence-corrected chi connectivity index (χ0v) is 14.4. The van der Waals surface area contributed by atoms with Gasteiger partial charge in [-0.3, -0.25) is 9.59 Å². The summed E-state index contributed by atoms with van der Waals surface area (Å²) in [4.78, 5) is 27.0. The Labute approximate surface area is 148 Å². The molecule has 0 radical (unpaired) electrons. The van der Waals surface area contributed by atoms with Crippen LogP contribution >= 0.6 is 12.4 Å². The van der Waals surface area contributed by atoms with Crippen molar-refractivity contribution in [3.8, 4) is 0 Å². The van der Waals surface area contributed by atoms with Gasteiger partial charge < -0.3 is 20.7 Å². The number of amides is 2. The Balaban J connectivity index is 0.00000208. The van der Waals surface area contributed by atoms with Crippen molar-refractivity contribution in [3.05, 3.63) is 30.3 Å². The van der Waals surface area contributed by atoms with E-state index in [2.05, 4.69) is 5.32 Å². The second kappa shape index (κ2) is 7.96. The lowest BCUT2D eigenvalue weighted by Crippen LogP contribution is -2.53. The van der Waals surface area contributed by atoms with E-state index in [9.17, 15) is 9.59 Å². The van der Waals surface area contributed by atoms with Gasteiger partial charge in [0.2, 0.25) is 11.8 Å². The summed E-state index contributed by atoms with van der Waals surface area (Å²) in [5.41, 5.74) is 6.13. The number of nitrogens with two attached hydrogens (primary N) is 1. The number of halogens is 1. The molecule has 24 heavy (non-hydrogen) atoms. The monoisotopic (exact) mass is 353 g/mol. The number of hydrogen-bond donors (Lipinski definition) is 2. The number of nitrogens with one attached hydrogen (secondary N) is 1. The van der Waals surface area contributed by atoms with Crippen LogP contribution < -0.4 is 16.0 Å². The lowest BCUT2D eigenvalue weighted by Gasteiger charge is -2.35. The maximum Gasteiger partial charge on any atom is 0.249 e. The molecule has 3 rings (SSSR count). The van der Waals surface area contributed by atoms with Gasteiger partial charge in [-0.1, -0.05) is 18.2 Å². The molecular weight excluding hydrogens is 330 g/mol. The van der Waals surface area contributed by atoms with E-state index in [-0.39, 0.29) is 30.8 Å². The first-order valence-electron chi connectivity index (χ1n) is 8.11. The molecule has 0 bridgehead atoms. The first kappa shape index (κ1) is 18.7. The molecule has 2 amide bonds. The van der Waals surface area contributed by atoms with Crippen LogP contribution in [0.2, 0.25) is 0 Å². The molecule has 1 aromatic carbocycles. The number of nitrogens with zero attached hydrogens (tertiary/aromatic N) is 1. The van der Waals surface area contributed by atoms with Crippen LogP contribution in [0.3, 0.4) is 0 Å². The highest BCUT2D eigenvalue weighted by atomic mass is 35.5. The van der Waals surface area contributed by atoms with E-state index in [4.69, 9.17) is 10.5 Å². The molecule has 0 aromatic heterocycles. The van der Waals surface area contributed by atoms with Crippen LogP contribution in [0, 0.1) is 5.41 Å². The average Bonchev–Trinajstić information content (AvgIpc) is 2.97. The Kier molecular flexibility index (Phi) is 6.21. The molecule has 2 aliphatic heterocycles. The van der Waals surface area contributed by atoms with Gasteiger partial charge in [0.25, 0.3) is 0 Å². The molecule has 2 fully saturated rings. The van der Waals surface area contributed by atoms with Gasteiger partial charge >= 0.3 is 0 Å². The zero-order valence-electron chi connectivity index (χ0n) is 13.6. The molecule has 1 aromatic rings. The summed E-state index contributed by atoms with van der Waals surface area (Å²) in [7, 11) is 0. The Morgan fingerprint density at radius 3 is 2.58 bits per heavy atom. The number of carbonyl (C=O) groups excluding carboxylic acids is 2. The van der Waals surface area contributed by atoms with Gasteiger partial charge in [0, 0.05) is 32.0 Å². The second-order valence-corrected chi connectivity index (χ2v) is 6.24. The zero-order chi connectivity index (χ0) is 16.3. The molecule has 0 spiro atoms. The third-order valence-corrected chi connectivity index (χ3v) is 4.90. The van der Waals surface area contributed by atoms with E-state index < -0.39 is 11.5 Å². The number of rotatable bonds is 4. The van der Waals surface area contributed by atoms with Crippen molar-refractivity contribution in [2.45, 2.75) is 25.3 Å². The number of anilines is 1. The highest BCUT2D eigenvalue weighted by Gasteiger charge is 2.42. The van der Waals surface area contributed by atoms with Crippen molar-refractivity contribution in [1.82, 2.24) is 5.32 Å². The van der Waals surface area contributed by atoms with E-state index >= 15 is 0 Å². The molecule has 1 unspecified atom stereocenters. The molecule has 0 saturated carbocycles. The molecule has 6 nitrogen and oxygen atoms in total. The van der Waals surface area contributed by atoms with Gasteiger partial charge in [-0.15, -0.1) is 12.4 Å². The molecule has 3 N–H and O–H groups in total. The third kappa shape index (κ3) is 3.55. The molecule has 2 heterocycles. The van der Waals surface area contributed by atoms with Crippen molar-refractivity contribution in [3.63, 3.8) is 0 Å². The summed E-state index contributed by atoms with van der Waals surface area (Å²) in [6, 6.07) is 9.07. The van der Waals surface area contributed by atoms with Crippen LogP contribution in [0.25, 0.3) is 0 Å². The SMILES string of the molecule is Cl.NCC1(C(=O)NC2CCN(c3ccccc3)C2=O)CCOCC1. The molecule has 1 atom stereocenters. The van der Waals surface area contributed by atoms with Crippen molar-refractivity contribution >= 4 is 29.9 Å². The van der Waals surface area contributed by atoms with Crippen molar-refractivity contribution in [2.75, 3.05) is 31.2 Å². The average molecular weight is 354 g/mol. The van der Waals surface area contributed by atoms with Crippen molar-refractivity contribution < 1.29 is 14.3 Å². The second-order valence-electron chi connectivity index (χ2n) is 6.24. The number of ether oxygens (including phenoxy) is 1. The highest BCUT2D eigenvalue weighted by Crippen LogP contribution is 2.30. The topological polar surface area (TPSA) is 84.7 Å². The quantitative estimate of drug-likeness (QED) is 0.848. The fraction of sp³-hybridized carbons (Fsp3) is 0.529. The van der Waals surface area contributed by atoms with Crippen LogP contribution in [-0.4, -0.2) is 44.2 Å². The smallest absolute Gasteiger partial charge is 0.249 e. The Bertz CT molecular complexity index is 576. The summed E-state index contributed by atoms with van der Waals surface area (Å²) in [5.74, 6) is -0.166. The standard InChI is InChI=1S/C17H23N3O3.ClH/c18-12-17(7-10-23-11-8-17)16(22)19-14-6-9-20(15(14)21)13-4-2-1-3-5-13;/h1-5,14H,6-12,18H2,(H,19,22);1H. The van der Waals surface area contributed by atoms with Gasteiger partial charge in [-0.05, 0) is 31.4 Å². The number of hydrogen-bond acceptors (Lipinski definition) is 4. The van der Waals surface area contributed by atoms with Crippen LogP contribution in [0.4, 0.5) is 5.69 Å². The highest BCUT2D eigenvalue weighted by molar-refractivity contribution is 6.01. The molecule has 2 aliphatic rings. The lowest BCUT2D eigenvalue weighted by molar-refractivity contribution is -0.138. The maximum atomic E-state index is 12.7. The van der Waals surface area contributed by atoms with Crippen LogP contribution in [0.5, 0.6) is 0 Å². The van der Waals surface area contributed by atoms with E-state index in [1.54, 1.807) is 4.90 Å². The van der Waals surface area contributed by atoms with E-state index in [0.717, 1.165) is 5.69 Å². The summed E-state index contributed by atoms with van der Waals surface area (Å²) in [6.45, 7) is 1.98. The molecule has 7 heteroatoms. The predicted molar refractivity (Wildman–Crippen MR) is 94.1 cm³/mol. The molecule has 132 valence electrons. The van der Waals surface area contributed by atoms with E-state index in [1.807, 2.05) is 30.3 Å². The van der Waals surface area contributed by atoms with Crippen LogP contribution in [0.15, 0.2) is 30.3 Å². The first-order chi connectivity index (χ1) is 11.2. The summed E-state index contributed by atoms with van der Waals surface area (Å²) < 4.78 is 5.33. The van der Waals surface area contributed by atoms with Gasteiger partial charge in [-0.25, -0.2) is 0 Å². The van der Waals surface area contributed by atoms with Crippen molar-refractivity contribution in [2.24, 2.45) is 11.1 Å². The normalized spacial score (nSPS) is 22.8. The maximum absolute atomic E-state index is 12.7. The number of benzene rings is 1. The minimum atomic E-state index is -0.599. The van der Waals surface area contributed by atoms with Gasteiger partial charge in [-0.2, -0.15) is 0 Å². The largest absolute Gasteiger partial charge is 0.381 e. The first-order valence-corrected chi connectivity index (χ1v) is 8.11. The fourth-order valence-electron chi connectivity index (χ4n) is 3.28. The Morgan fingerprint density at radius 1 is 1.29 bits per heavy atom. The van der Waals surface area contributed by atoms with E-state index in [0.29, 0.717) is 39.0 Å². The van der Waals surface area contributed by atoms with Gasteiger partial charge in [0.1, 0.15) is 6.04 Å². The summed E-state index contributed by atoms with van der Waals surface area (Å²) in [5, 5.41) is 2.92. The van der Waals surface area contributed by atoms with Gasteiger partial charge in [0.05, 0.1) is 5.41 Å². The Morgan fingerprint density at radius 2 is 1.96 bits per heavy atom. The van der Waals surface area contributed by atoms with Crippen molar-refractivity contribution in [1.29, 1.82) is 0 Å². The number of carbonyl (C=O) groups is 2. The van der Waals surface area contributed by atoms with Crippen LogP contribution in [0.1, 0.15) is 19.3 Å². The minimum absolute atomic E-state index is 0. The predicted octanol–water partition coefficient (Wildman–Crippen LogP) is 1.09. The molecular formula is C17H24ClN3O3. The summed E-state index contributed by atoms with van der Waals surface area (Å²) in [6.07, 6.45) is 1.84. The fourth-order valence-corrected chi connectivity index (χ4v) is 3.28.